The molecule has 0 aliphatic carbocycles. The van der Waals surface area contributed by atoms with Gasteiger partial charge in [0, 0.05) is 26.2 Å². The molecule has 1 aliphatic heterocycles. The van der Waals surface area contributed by atoms with Crippen LogP contribution in [0.5, 0.6) is 0 Å². The Balaban J connectivity index is 1.60. The van der Waals surface area contributed by atoms with Gasteiger partial charge in [0.2, 0.25) is 0 Å². The number of amides is 2. The van der Waals surface area contributed by atoms with Crippen molar-refractivity contribution in [2.75, 3.05) is 36.9 Å². The number of carbonyl (C=O) groups is 1. The van der Waals surface area contributed by atoms with Crippen LogP contribution >= 0.6 is 0 Å². The van der Waals surface area contributed by atoms with Crippen molar-refractivity contribution in [3.05, 3.63) is 59.7 Å². The third kappa shape index (κ3) is 6.21. The van der Waals surface area contributed by atoms with Crippen LogP contribution in [0.1, 0.15) is 31.9 Å². The minimum Gasteiger partial charge on any atom is -0.372 e. The van der Waals surface area contributed by atoms with Crippen molar-refractivity contribution in [3.8, 4) is 0 Å². The van der Waals surface area contributed by atoms with Gasteiger partial charge in [-0.25, -0.2) is 4.79 Å². The quantitative estimate of drug-likeness (QED) is 0.722. The van der Waals surface area contributed by atoms with E-state index in [9.17, 15) is 4.79 Å². The fourth-order valence-electron chi connectivity index (χ4n) is 3.84. The summed E-state index contributed by atoms with van der Waals surface area (Å²) >= 11 is 0. The van der Waals surface area contributed by atoms with E-state index in [2.05, 4.69) is 60.4 Å². The number of nitrogens with one attached hydrogen (secondary N) is 2. The van der Waals surface area contributed by atoms with Crippen LogP contribution in [-0.2, 0) is 17.8 Å². The van der Waals surface area contributed by atoms with Gasteiger partial charge >= 0.3 is 6.03 Å². The van der Waals surface area contributed by atoms with Crippen molar-refractivity contribution >= 4 is 17.4 Å². The van der Waals surface area contributed by atoms with Gasteiger partial charge in [-0.05, 0) is 50.7 Å². The second kappa shape index (κ2) is 10.5. The Morgan fingerprint density at radius 1 is 1.10 bits per heavy atom. The number of hydrogen-bond donors (Lipinski definition) is 2. The molecular weight excluding hydrogens is 376 g/mol. The van der Waals surface area contributed by atoms with Crippen molar-refractivity contribution in [2.24, 2.45) is 0 Å². The van der Waals surface area contributed by atoms with E-state index in [-0.39, 0.29) is 18.2 Å². The third-order valence-electron chi connectivity index (χ3n) is 5.35. The number of benzene rings is 2. The van der Waals surface area contributed by atoms with Gasteiger partial charge in [-0.15, -0.1) is 0 Å². The molecule has 1 heterocycles. The summed E-state index contributed by atoms with van der Waals surface area (Å²) in [5, 5.41) is 6.01. The zero-order valence-electron chi connectivity index (χ0n) is 18.5. The van der Waals surface area contributed by atoms with E-state index in [1.165, 1.54) is 5.56 Å². The average molecular weight is 411 g/mol. The van der Waals surface area contributed by atoms with Crippen LogP contribution < -0.4 is 15.5 Å². The van der Waals surface area contributed by atoms with Crippen molar-refractivity contribution in [3.63, 3.8) is 0 Å². The van der Waals surface area contributed by atoms with E-state index in [1.807, 2.05) is 36.4 Å². The lowest BCUT2D eigenvalue weighted by atomic mass is 10.1. The Bertz CT molecular complexity index is 831. The Morgan fingerprint density at radius 3 is 2.53 bits per heavy atom. The number of anilines is 2. The second-order valence-electron chi connectivity index (χ2n) is 8.14. The fourth-order valence-corrected chi connectivity index (χ4v) is 3.84. The largest absolute Gasteiger partial charge is 0.372 e. The number of rotatable bonds is 7. The fraction of sp³-hybridized carbons (Fsp3) is 0.458. The van der Waals surface area contributed by atoms with Crippen LogP contribution in [0, 0.1) is 0 Å². The van der Waals surface area contributed by atoms with Gasteiger partial charge < -0.3 is 25.2 Å². The molecule has 2 aromatic carbocycles. The molecule has 0 bridgehead atoms. The lowest BCUT2D eigenvalue weighted by Crippen LogP contribution is -2.45. The number of urea groups is 1. The first kappa shape index (κ1) is 22.1. The number of nitrogens with zero attached hydrogens (tertiary/aromatic N) is 2. The molecule has 2 atom stereocenters. The molecule has 6 heteroatoms. The summed E-state index contributed by atoms with van der Waals surface area (Å²) in [5.74, 6) is 0. The normalized spacial score (nSPS) is 19.0. The molecule has 2 N–H and O–H groups in total. The summed E-state index contributed by atoms with van der Waals surface area (Å²) < 4.78 is 5.84. The molecule has 1 saturated heterocycles. The maximum Gasteiger partial charge on any atom is 0.319 e. The smallest absolute Gasteiger partial charge is 0.319 e. The highest BCUT2D eigenvalue weighted by atomic mass is 16.5. The van der Waals surface area contributed by atoms with Crippen LogP contribution in [0.25, 0.3) is 0 Å². The zero-order chi connectivity index (χ0) is 21.5. The summed E-state index contributed by atoms with van der Waals surface area (Å²) in [4.78, 5) is 17.1. The lowest BCUT2D eigenvalue weighted by Gasteiger charge is -2.37. The number of hydrogen-bond acceptors (Lipinski definition) is 4. The summed E-state index contributed by atoms with van der Waals surface area (Å²) in [6.07, 6.45) is 0.323. The van der Waals surface area contributed by atoms with Crippen molar-refractivity contribution in [1.82, 2.24) is 10.2 Å². The van der Waals surface area contributed by atoms with Gasteiger partial charge in [-0.3, -0.25) is 0 Å². The Hall–Kier alpha value is -2.57. The molecular formula is C24H34N4O2. The predicted octanol–water partition coefficient (Wildman–Crippen LogP) is 4.07. The molecule has 0 aromatic heterocycles. The first-order chi connectivity index (χ1) is 14.4. The van der Waals surface area contributed by atoms with Crippen LogP contribution in [0.3, 0.4) is 0 Å². The maximum absolute atomic E-state index is 12.6. The molecule has 2 aromatic rings. The second-order valence-corrected chi connectivity index (χ2v) is 8.14. The van der Waals surface area contributed by atoms with Gasteiger partial charge in [0.05, 0.1) is 23.6 Å². The van der Waals surface area contributed by atoms with E-state index in [1.54, 1.807) is 0 Å². The van der Waals surface area contributed by atoms with Gasteiger partial charge in [-0.2, -0.15) is 0 Å². The van der Waals surface area contributed by atoms with Crippen molar-refractivity contribution in [1.29, 1.82) is 0 Å². The Labute approximate surface area is 180 Å². The van der Waals surface area contributed by atoms with E-state index < -0.39 is 0 Å². The number of para-hydroxylation sites is 2. The van der Waals surface area contributed by atoms with E-state index in [0.717, 1.165) is 43.1 Å². The maximum atomic E-state index is 12.6. The van der Waals surface area contributed by atoms with Crippen LogP contribution in [0.2, 0.25) is 0 Å². The predicted molar refractivity (Wildman–Crippen MR) is 123 cm³/mol. The molecule has 30 heavy (non-hydrogen) atoms. The highest BCUT2D eigenvalue weighted by Crippen LogP contribution is 2.28. The SMILES string of the molecule is CCN(C)Cc1cccc(CNC(=O)Nc2ccccc2N2CC(C)OC(C)C2)c1. The summed E-state index contributed by atoms with van der Waals surface area (Å²) in [6.45, 7) is 10.3. The molecule has 3 rings (SSSR count). The molecule has 2 unspecified atom stereocenters. The van der Waals surface area contributed by atoms with Crippen LogP contribution in [-0.4, -0.2) is 49.8 Å². The lowest BCUT2D eigenvalue weighted by molar-refractivity contribution is -0.00517. The molecule has 0 saturated carbocycles. The van der Waals surface area contributed by atoms with E-state index >= 15 is 0 Å². The summed E-state index contributed by atoms with van der Waals surface area (Å²) in [5.41, 5.74) is 4.19. The van der Waals surface area contributed by atoms with Crippen LogP contribution in [0.4, 0.5) is 16.2 Å². The first-order valence-corrected chi connectivity index (χ1v) is 10.7. The van der Waals surface area contributed by atoms with Crippen LogP contribution in [0.15, 0.2) is 48.5 Å². The molecule has 0 spiro atoms. The molecule has 0 radical (unpaired) electrons. The molecule has 162 valence electrons. The highest BCUT2D eigenvalue weighted by molar-refractivity contribution is 5.93. The number of morpholine rings is 1. The molecule has 1 fully saturated rings. The molecule has 6 nitrogen and oxygen atoms in total. The summed E-state index contributed by atoms with van der Waals surface area (Å²) in [7, 11) is 2.10. The topological polar surface area (TPSA) is 56.8 Å². The number of ether oxygens (including phenoxy) is 1. The molecule has 2 amide bonds. The first-order valence-electron chi connectivity index (χ1n) is 10.7. The standard InChI is InChI=1S/C24H34N4O2/c1-5-27(4)17-21-10-8-9-20(13-21)14-25-24(29)26-22-11-6-7-12-23(22)28-15-18(2)30-19(3)16-28/h6-13,18-19H,5,14-17H2,1-4H3,(H2,25,26,29). The van der Waals surface area contributed by atoms with E-state index in [0.29, 0.717) is 6.54 Å². The van der Waals surface area contributed by atoms with Gasteiger partial charge in [0.15, 0.2) is 0 Å². The van der Waals surface area contributed by atoms with E-state index in [4.69, 9.17) is 4.74 Å². The minimum atomic E-state index is -0.201. The van der Waals surface area contributed by atoms with Crippen molar-refractivity contribution in [2.45, 2.75) is 46.1 Å². The highest BCUT2D eigenvalue weighted by Gasteiger charge is 2.24. The van der Waals surface area contributed by atoms with Gasteiger partial charge in [0.1, 0.15) is 0 Å². The van der Waals surface area contributed by atoms with Crippen molar-refractivity contribution < 1.29 is 9.53 Å². The Kier molecular flexibility index (Phi) is 7.71. The number of carbonyl (C=O) groups excluding carboxylic acids is 1. The monoisotopic (exact) mass is 410 g/mol. The van der Waals surface area contributed by atoms with Gasteiger partial charge in [-0.1, -0.05) is 43.3 Å². The average Bonchev–Trinajstić information content (AvgIpc) is 2.72. The van der Waals surface area contributed by atoms with Gasteiger partial charge in [0.25, 0.3) is 0 Å². The minimum absolute atomic E-state index is 0.162. The Morgan fingerprint density at radius 2 is 1.80 bits per heavy atom. The molecule has 1 aliphatic rings. The summed E-state index contributed by atoms with van der Waals surface area (Å²) in [6, 6.07) is 16.1. The zero-order valence-corrected chi connectivity index (χ0v) is 18.5. The third-order valence-corrected chi connectivity index (χ3v) is 5.35.